The van der Waals surface area contributed by atoms with Gasteiger partial charge in [0, 0.05) is 12.1 Å². The molecule has 98 valence electrons. The van der Waals surface area contributed by atoms with Crippen LogP contribution >= 0.6 is 0 Å². The lowest BCUT2D eigenvalue weighted by Gasteiger charge is -2.13. The molecule has 1 atom stereocenters. The van der Waals surface area contributed by atoms with Crippen LogP contribution in [0.5, 0.6) is 5.75 Å². The summed E-state index contributed by atoms with van der Waals surface area (Å²) in [6, 6.07) is 3.78. The summed E-state index contributed by atoms with van der Waals surface area (Å²) in [6.45, 7) is 5.13. The van der Waals surface area contributed by atoms with Crippen LogP contribution in [0.3, 0.4) is 0 Å². The third-order valence-electron chi connectivity index (χ3n) is 2.22. The molecule has 0 aliphatic rings. The quantitative estimate of drug-likeness (QED) is 0.756. The molecule has 0 heterocycles. The van der Waals surface area contributed by atoms with E-state index in [2.05, 4.69) is 11.9 Å². The Morgan fingerprint density at radius 3 is 3.00 bits per heavy atom. The maximum atomic E-state index is 13.0. The van der Waals surface area contributed by atoms with E-state index in [9.17, 15) is 14.3 Å². The number of aliphatic hydroxyl groups excluding tert-OH is 1. The van der Waals surface area contributed by atoms with Crippen LogP contribution in [0.1, 0.15) is 18.6 Å². The molecule has 0 saturated heterocycles. The summed E-state index contributed by atoms with van der Waals surface area (Å²) in [5, 5.41) is 12.0. The van der Waals surface area contributed by atoms with Crippen molar-refractivity contribution in [3.8, 4) is 5.75 Å². The lowest BCUT2D eigenvalue weighted by Crippen LogP contribution is -2.29. The van der Waals surface area contributed by atoms with Crippen molar-refractivity contribution in [3.05, 3.63) is 42.2 Å². The van der Waals surface area contributed by atoms with Gasteiger partial charge in [-0.1, -0.05) is 6.08 Å². The largest absolute Gasteiger partial charge is 0.483 e. The molecule has 2 N–H and O–H groups in total. The molecule has 0 bridgehead atoms. The number of halogens is 1. The maximum absolute atomic E-state index is 13.0. The minimum Gasteiger partial charge on any atom is -0.483 e. The second-order valence-corrected chi connectivity index (χ2v) is 3.74. The molecule has 0 aliphatic heterocycles. The minimum atomic E-state index is -0.869. The van der Waals surface area contributed by atoms with E-state index in [1.54, 1.807) is 6.08 Å². The van der Waals surface area contributed by atoms with Crippen LogP contribution in [-0.2, 0) is 4.79 Å². The topological polar surface area (TPSA) is 58.6 Å². The van der Waals surface area contributed by atoms with E-state index in [1.165, 1.54) is 25.1 Å². The zero-order chi connectivity index (χ0) is 13.5. The Morgan fingerprint density at radius 2 is 2.39 bits per heavy atom. The average Bonchev–Trinajstić information content (AvgIpc) is 2.34. The highest BCUT2D eigenvalue weighted by atomic mass is 19.1. The Hall–Kier alpha value is -1.88. The molecule has 4 nitrogen and oxygen atoms in total. The van der Waals surface area contributed by atoms with Crippen LogP contribution in [0.2, 0.25) is 0 Å². The molecule has 0 saturated carbocycles. The van der Waals surface area contributed by atoms with Crippen molar-refractivity contribution in [2.24, 2.45) is 0 Å². The third kappa shape index (κ3) is 4.18. The fourth-order valence-electron chi connectivity index (χ4n) is 1.36. The number of rotatable bonds is 6. The predicted molar refractivity (Wildman–Crippen MR) is 65.7 cm³/mol. The van der Waals surface area contributed by atoms with Crippen molar-refractivity contribution < 1.29 is 19.0 Å². The molecule has 0 radical (unpaired) electrons. The molecule has 0 aliphatic carbocycles. The summed E-state index contributed by atoms with van der Waals surface area (Å²) in [5.74, 6) is -0.481. The van der Waals surface area contributed by atoms with Gasteiger partial charge in [-0.15, -0.1) is 6.58 Å². The molecular weight excluding hydrogens is 237 g/mol. The Morgan fingerprint density at radius 1 is 1.67 bits per heavy atom. The van der Waals surface area contributed by atoms with Crippen molar-refractivity contribution in [2.75, 3.05) is 13.2 Å². The Bertz CT molecular complexity index is 432. The number of hydrogen-bond acceptors (Lipinski definition) is 3. The maximum Gasteiger partial charge on any atom is 0.258 e. The fourth-order valence-corrected chi connectivity index (χ4v) is 1.36. The summed E-state index contributed by atoms with van der Waals surface area (Å²) < 4.78 is 18.3. The highest BCUT2D eigenvalue weighted by Crippen LogP contribution is 2.25. The molecule has 5 heteroatoms. The number of hydrogen-bond donors (Lipinski definition) is 2. The second-order valence-electron chi connectivity index (χ2n) is 3.74. The number of amides is 1. The molecule has 1 amide bonds. The van der Waals surface area contributed by atoms with Crippen molar-refractivity contribution >= 4 is 5.91 Å². The number of aliphatic hydroxyl groups is 1. The van der Waals surface area contributed by atoms with Crippen LogP contribution < -0.4 is 10.1 Å². The summed E-state index contributed by atoms with van der Waals surface area (Å²) in [6.07, 6.45) is 0.684. The van der Waals surface area contributed by atoms with Crippen LogP contribution in [0.4, 0.5) is 4.39 Å². The molecule has 0 spiro atoms. The SMILES string of the molecule is C=CCNC(=O)COc1ccc(F)cc1[C@H](C)O. The second kappa shape index (κ2) is 6.76. The molecule has 1 rings (SSSR count). The first-order chi connectivity index (χ1) is 8.54. The van der Waals surface area contributed by atoms with Gasteiger partial charge in [0.2, 0.25) is 0 Å². The summed E-state index contributed by atoms with van der Waals surface area (Å²) >= 11 is 0. The molecular formula is C13H16FNO3. The van der Waals surface area contributed by atoms with Gasteiger partial charge in [-0.25, -0.2) is 4.39 Å². The number of nitrogens with one attached hydrogen (secondary N) is 1. The van der Waals surface area contributed by atoms with Crippen molar-refractivity contribution in [2.45, 2.75) is 13.0 Å². The van der Waals surface area contributed by atoms with Gasteiger partial charge in [0.15, 0.2) is 6.61 Å². The zero-order valence-corrected chi connectivity index (χ0v) is 10.1. The lowest BCUT2D eigenvalue weighted by atomic mass is 10.1. The summed E-state index contributed by atoms with van der Waals surface area (Å²) in [7, 11) is 0. The van der Waals surface area contributed by atoms with Gasteiger partial charge < -0.3 is 15.2 Å². The van der Waals surface area contributed by atoms with E-state index in [0.717, 1.165) is 0 Å². The third-order valence-corrected chi connectivity index (χ3v) is 2.22. The van der Waals surface area contributed by atoms with Gasteiger partial charge in [-0.3, -0.25) is 4.79 Å². The Balaban J connectivity index is 2.66. The van der Waals surface area contributed by atoms with E-state index in [4.69, 9.17) is 4.74 Å². The van der Waals surface area contributed by atoms with Gasteiger partial charge in [-0.2, -0.15) is 0 Å². The van der Waals surface area contributed by atoms with Gasteiger partial charge >= 0.3 is 0 Å². The van der Waals surface area contributed by atoms with E-state index in [0.29, 0.717) is 17.9 Å². The van der Waals surface area contributed by atoms with Gasteiger partial charge in [-0.05, 0) is 25.1 Å². The van der Waals surface area contributed by atoms with Crippen LogP contribution in [0.15, 0.2) is 30.9 Å². The number of carbonyl (C=O) groups is 1. The van der Waals surface area contributed by atoms with E-state index >= 15 is 0 Å². The first kappa shape index (κ1) is 14.2. The van der Waals surface area contributed by atoms with Crippen LogP contribution in [0.25, 0.3) is 0 Å². The molecule has 1 aromatic rings. The average molecular weight is 253 g/mol. The molecule has 0 aromatic heterocycles. The smallest absolute Gasteiger partial charge is 0.258 e. The molecule has 0 unspecified atom stereocenters. The minimum absolute atomic E-state index is 0.195. The lowest BCUT2D eigenvalue weighted by molar-refractivity contribution is -0.122. The van der Waals surface area contributed by atoms with E-state index in [-0.39, 0.29) is 12.5 Å². The van der Waals surface area contributed by atoms with E-state index in [1.807, 2.05) is 0 Å². The first-order valence-corrected chi connectivity index (χ1v) is 5.52. The Kier molecular flexibility index (Phi) is 5.32. The van der Waals surface area contributed by atoms with Crippen LogP contribution in [0, 0.1) is 5.82 Å². The summed E-state index contributed by atoms with van der Waals surface area (Å²) in [4.78, 5) is 11.3. The number of benzene rings is 1. The molecule has 18 heavy (non-hydrogen) atoms. The Labute approximate surface area is 105 Å². The summed E-state index contributed by atoms with van der Waals surface area (Å²) in [5.41, 5.74) is 0.312. The fraction of sp³-hybridized carbons (Fsp3) is 0.308. The van der Waals surface area contributed by atoms with Crippen molar-refractivity contribution in [3.63, 3.8) is 0 Å². The van der Waals surface area contributed by atoms with Crippen LogP contribution in [-0.4, -0.2) is 24.2 Å². The standard InChI is InChI=1S/C13H16FNO3/c1-3-6-15-13(17)8-18-12-5-4-10(14)7-11(12)9(2)16/h3-5,7,9,16H,1,6,8H2,2H3,(H,15,17)/t9-/m0/s1. The van der Waals surface area contributed by atoms with Gasteiger partial charge in [0.25, 0.3) is 5.91 Å². The van der Waals surface area contributed by atoms with E-state index < -0.39 is 11.9 Å². The normalized spacial score (nSPS) is 11.7. The molecule has 1 aromatic carbocycles. The highest BCUT2D eigenvalue weighted by Gasteiger charge is 2.11. The monoisotopic (exact) mass is 253 g/mol. The van der Waals surface area contributed by atoms with Crippen molar-refractivity contribution in [1.82, 2.24) is 5.32 Å². The first-order valence-electron chi connectivity index (χ1n) is 5.52. The van der Waals surface area contributed by atoms with Gasteiger partial charge in [0.1, 0.15) is 11.6 Å². The predicted octanol–water partition coefficient (Wildman–Crippen LogP) is 1.56. The number of carbonyl (C=O) groups excluding carboxylic acids is 1. The highest BCUT2D eigenvalue weighted by molar-refractivity contribution is 5.77. The zero-order valence-electron chi connectivity index (χ0n) is 10.1. The van der Waals surface area contributed by atoms with Crippen molar-refractivity contribution in [1.29, 1.82) is 0 Å². The molecule has 0 fully saturated rings. The number of ether oxygens (including phenoxy) is 1. The van der Waals surface area contributed by atoms with Gasteiger partial charge in [0.05, 0.1) is 6.10 Å².